The van der Waals surface area contributed by atoms with Crippen LogP contribution in [0.3, 0.4) is 0 Å². The number of hydrogen-bond donors (Lipinski definition) is 1. The quantitative estimate of drug-likeness (QED) is 0.683. The Morgan fingerprint density at radius 1 is 1.54 bits per heavy atom. The second-order valence-electron chi connectivity index (χ2n) is 4.04. The zero-order chi connectivity index (χ0) is 9.26. The van der Waals surface area contributed by atoms with Gasteiger partial charge in [0, 0.05) is 19.1 Å². The first-order valence-corrected chi connectivity index (χ1v) is 5.36. The molecule has 2 rings (SSSR count). The van der Waals surface area contributed by atoms with Crippen LogP contribution in [0, 0.1) is 0 Å². The molecule has 0 aromatic rings. The molecule has 0 aromatic heterocycles. The number of piperazine rings is 1. The third-order valence-electron chi connectivity index (χ3n) is 3.30. The summed E-state index contributed by atoms with van der Waals surface area (Å²) >= 11 is 0. The number of amides is 1. The van der Waals surface area contributed by atoms with E-state index in [0.29, 0.717) is 6.04 Å². The molecule has 1 saturated carbocycles. The van der Waals surface area contributed by atoms with E-state index in [0.717, 1.165) is 19.5 Å². The van der Waals surface area contributed by atoms with Crippen LogP contribution in [0.1, 0.15) is 32.6 Å². The third kappa shape index (κ3) is 1.57. The molecule has 1 N–H and O–H groups in total. The normalized spacial score (nSPS) is 31.2. The predicted molar refractivity (Wildman–Crippen MR) is 51.4 cm³/mol. The number of carbonyl (C=O) groups is 1. The predicted octanol–water partition coefficient (Wildman–Crippen LogP) is 0.749. The number of nitrogens with one attached hydrogen (secondary N) is 1. The summed E-state index contributed by atoms with van der Waals surface area (Å²) in [5, 5.41) is 2.94. The fourth-order valence-corrected chi connectivity index (χ4v) is 2.31. The van der Waals surface area contributed by atoms with Crippen molar-refractivity contribution in [2.24, 2.45) is 0 Å². The van der Waals surface area contributed by atoms with Crippen molar-refractivity contribution in [3.05, 3.63) is 0 Å². The molecule has 0 bridgehead atoms. The van der Waals surface area contributed by atoms with E-state index in [1.165, 1.54) is 19.3 Å². The van der Waals surface area contributed by atoms with Crippen LogP contribution in [-0.4, -0.2) is 36.0 Å². The van der Waals surface area contributed by atoms with Crippen molar-refractivity contribution < 1.29 is 4.79 Å². The third-order valence-corrected chi connectivity index (χ3v) is 3.30. The molecule has 2 fully saturated rings. The minimum absolute atomic E-state index is 0.152. The Morgan fingerprint density at radius 2 is 2.31 bits per heavy atom. The van der Waals surface area contributed by atoms with Crippen molar-refractivity contribution in [2.75, 3.05) is 13.1 Å². The highest BCUT2D eigenvalue weighted by Crippen LogP contribution is 2.27. The fourth-order valence-electron chi connectivity index (χ4n) is 2.31. The average Bonchev–Trinajstić information content (AvgIpc) is 2.01. The Balaban J connectivity index is 2.01. The smallest absolute Gasteiger partial charge is 0.237 e. The second-order valence-corrected chi connectivity index (χ2v) is 4.04. The Bertz CT molecular complexity index is 201. The molecule has 1 unspecified atom stereocenters. The summed E-state index contributed by atoms with van der Waals surface area (Å²) in [7, 11) is 0. The van der Waals surface area contributed by atoms with E-state index in [9.17, 15) is 4.79 Å². The molecule has 1 aliphatic heterocycles. The summed E-state index contributed by atoms with van der Waals surface area (Å²) in [6.45, 7) is 3.99. The lowest BCUT2D eigenvalue weighted by molar-refractivity contribution is -0.131. The summed E-state index contributed by atoms with van der Waals surface area (Å²) in [5.74, 6) is 0.237. The maximum atomic E-state index is 11.5. The first kappa shape index (κ1) is 9.00. The number of hydrogen-bond acceptors (Lipinski definition) is 2. The first-order valence-electron chi connectivity index (χ1n) is 5.36. The van der Waals surface area contributed by atoms with Gasteiger partial charge in [-0.25, -0.2) is 0 Å². The molecular weight excluding hydrogens is 164 g/mol. The van der Waals surface area contributed by atoms with Crippen LogP contribution in [0.4, 0.5) is 0 Å². The molecule has 1 heterocycles. The molecular formula is C10H18N2O. The zero-order valence-corrected chi connectivity index (χ0v) is 8.25. The Hall–Kier alpha value is -0.570. The van der Waals surface area contributed by atoms with Crippen LogP contribution in [0.2, 0.25) is 0 Å². The monoisotopic (exact) mass is 182 g/mol. The second kappa shape index (κ2) is 3.66. The van der Waals surface area contributed by atoms with Crippen molar-refractivity contribution in [1.29, 1.82) is 0 Å². The fraction of sp³-hybridized carbons (Fsp3) is 0.900. The standard InChI is InChI=1S/C10H18N2O/c1-2-9-10(13)11-6-7-12(9)8-4-3-5-8/h8-9H,2-7H2,1H3,(H,11,13). The molecule has 74 valence electrons. The summed E-state index contributed by atoms with van der Waals surface area (Å²) in [4.78, 5) is 13.9. The SMILES string of the molecule is CCC1C(=O)NCCN1C1CCC1. The van der Waals surface area contributed by atoms with Crippen molar-refractivity contribution in [1.82, 2.24) is 10.2 Å². The molecule has 1 atom stereocenters. The van der Waals surface area contributed by atoms with Gasteiger partial charge in [0.25, 0.3) is 0 Å². The van der Waals surface area contributed by atoms with E-state index in [1.807, 2.05) is 0 Å². The molecule has 13 heavy (non-hydrogen) atoms. The van der Waals surface area contributed by atoms with Crippen LogP contribution in [0.15, 0.2) is 0 Å². The van der Waals surface area contributed by atoms with E-state index in [-0.39, 0.29) is 11.9 Å². The van der Waals surface area contributed by atoms with Gasteiger partial charge < -0.3 is 5.32 Å². The number of nitrogens with zero attached hydrogens (tertiary/aromatic N) is 1. The summed E-state index contributed by atoms with van der Waals surface area (Å²) < 4.78 is 0. The van der Waals surface area contributed by atoms with E-state index in [1.54, 1.807) is 0 Å². The van der Waals surface area contributed by atoms with Gasteiger partial charge in [0.1, 0.15) is 0 Å². The maximum absolute atomic E-state index is 11.5. The molecule has 1 amide bonds. The highest BCUT2D eigenvalue weighted by Gasteiger charge is 2.35. The van der Waals surface area contributed by atoms with Crippen molar-refractivity contribution in [2.45, 2.75) is 44.7 Å². The van der Waals surface area contributed by atoms with Crippen molar-refractivity contribution >= 4 is 5.91 Å². The topological polar surface area (TPSA) is 32.3 Å². The van der Waals surface area contributed by atoms with Gasteiger partial charge in [-0.05, 0) is 19.3 Å². The van der Waals surface area contributed by atoms with E-state index < -0.39 is 0 Å². The van der Waals surface area contributed by atoms with Gasteiger partial charge in [0.2, 0.25) is 5.91 Å². The van der Waals surface area contributed by atoms with Gasteiger partial charge in [-0.2, -0.15) is 0 Å². The number of carbonyl (C=O) groups excluding carboxylic acids is 1. The molecule has 1 aliphatic carbocycles. The Labute approximate surface area is 79.5 Å². The van der Waals surface area contributed by atoms with E-state index >= 15 is 0 Å². The average molecular weight is 182 g/mol. The van der Waals surface area contributed by atoms with E-state index in [2.05, 4.69) is 17.1 Å². The highest BCUT2D eigenvalue weighted by molar-refractivity contribution is 5.82. The lowest BCUT2D eigenvalue weighted by atomic mass is 9.89. The Kier molecular flexibility index (Phi) is 2.54. The summed E-state index contributed by atoms with van der Waals surface area (Å²) in [5.41, 5.74) is 0. The van der Waals surface area contributed by atoms with Gasteiger partial charge in [-0.3, -0.25) is 9.69 Å². The van der Waals surface area contributed by atoms with Crippen LogP contribution in [0.5, 0.6) is 0 Å². The van der Waals surface area contributed by atoms with E-state index in [4.69, 9.17) is 0 Å². The van der Waals surface area contributed by atoms with Gasteiger partial charge in [0.15, 0.2) is 0 Å². The number of rotatable bonds is 2. The lowest BCUT2D eigenvalue weighted by Crippen LogP contribution is -2.59. The van der Waals surface area contributed by atoms with Gasteiger partial charge in [-0.15, -0.1) is 0 Å². The summed E-state index contributed by atoms with van der Waals surface area (Å²) in [6.07, 6.45) is 4.88. The lowest BCUT2D eigenvalue weighted by Gasteiger charge is -2.44. The molecule has 0 aromatic carbocycles. The largest absolute Gasteiger partial charge is 0.353 e. The maximum Gasteiger partial charge on any atom is 0.237 e. The highest BCUT2D eigenvalue weighted by atomic mass is 16.2. The molecule has 3 heteroatoms. The van der Waals surface area contributed by atoms with Crippen LogP contribution >= 0.6 is 0 Å². The van der Waals surface area contributed by atoms with Crippen molar-refractivity contribution in [3.63, 3.8) is 0 Å². The first-order chi connectivity index (χ1) is 6.33. The van der Waals surface area contributed by atoms with Crippen LogP contribution < -0.4 is 5.32 Å². The van der Waals surface area contributed by atoms with Crippen LogP contribution in [0.25, 0.3) is 0 Å². The Morgan fingerprint density at radius 3 is 2.85 bits per heavy atom. The van der Waals surface area contributed by atoms with Gasteiger partial charge in [0.05, 0.1) is 6.04 Å². The molecule has 2 aliphatic rings. The van der Waals surface area contributed by atoms with Crippen molar-refractivity contribution in [3.8, 4) is 0 Å². The zero-order valence-electron chi connectivity index (χ0n) is 8.25. The minimum Gasteiger partial charge on any atom is -0.353 e. The molecule has 3 nitrogen and oxygen atoms in total. The van der Waals surface area contributed by atoms with Crippen LogP contribution in [-0.2, 0) is 4.79 Å². The molecule has 0 spiro atoms. The molecule has 1 saturated heterocycles. The van der Waals surface area contributed by atoms with Gasteiger partial charge in [-0.1, -0.05) is 13.3 Å². The minimum atomic E-state index is 0.152. The summed E-state index contributed by atoms with van der Waals surface area (Å²) in [6, 6.07) is 0.857. The van der Waals surface area contributed by atoms with Gasteiger partial charge >= 0.3 is 0 Å². The molecule has 0 radical (unpaired) electrons.